The third kappa shape index (κ3) is 4.59. The highest BCUT2D eigenvalue weighted by molar-refractivity contribution is 5.80. The first-order chi connectivity index (χ1) is 10.5. The van der Waals surface area contributed by atoms with Crippen molar-refractivity contribution in [2.24, 2.45) is 0 Å². The van der Waals surface area contributed by atoms with Crippen molar-refractivity contribution in [3.05, 3.63) is 69.8 Å². The molecule has 114 valence electrons. The molecule has 0 aliphatic heterocycles. The fraction of sp³-hybridized carbons (Fsp3) is 0.188. The Kier molecular flexibility index (Phi) is 5.08. The molecule has 0 aliphatic carbocycles. The normalized spacial score (nSPS) is 10.0. The van der Waals surface area contributed by atoms with Crippen LogP contribution in [0, 0.1) is 17.0 Å². The van der Waals surface area contributed by atoms with E-state index in [-0.39, 0.29) is 18.1 Å². The Morgan fingerprint density at radius 2 is 1.91 bits per heavy atom. The van der Waals surface area contributed by atoms with E-state index in [1.165, 1.54) is 17.7 Å². The smallest absolute Gasteiger partial charge is 0.271 e. The number of aryl methyl sites for hydroxylation is 1. The third-order valence-electron chi connectivity index (χ3n) is 3.12. The van der Waals surface area contributed by atoms with E-state index in [1.807, 2.05) is 31.2 Å². The lowest BCUT2D eigenvalue weighted by Crippen LogP contribution is -2.29. The van der Waals surface area contributed by atoms with Crippen LogP contribution in [-0.4, -0.2) is 17.4 Å². The molecule has 0 saturated carbocycles. The van der Waals surface area contributed by atoms with Crippen LogP contribution in [0.3, 0.4) is 0 Å². The van der Waals surface area contributed by atoms with Gasteiger partial charge < -0.3 is 10.6 Å². The van der Waals surface area contributed by atoms with Gasteiger partial charge in [0.25, 0.3) is 5.69 Å². The number of non-ortho nitro benzene ring substituents is 1. The first-order valence-corrected chi connectivity index (χ1v) is 6.85. The second-order valence-corrected chi connectivity index (χ2v) is 4.92. The van der Waals surface area contributed by atoms with Crippen LogP contribution in [0.15, 0.2) is 48.5 Å². The van der Waals surface area contributed by atoms with Crippen molar-refractivity contribution in [1.82, 2.24) is 5.32 Å². The molecule has 0 aromatic heterocycles. The van der Waals surface area contributed by atoms with E-state index < -0.39 is 4.92 Å². The number of hydrogen-bond acceptors (Lipinski definition) is 4. The van der Waals surface area contributed by atoms with Crippen LogP contribution in [0.1, 0.15) is 11.1 Å². The van der Waals surface area contributed by atoms with Gasteiger partial charge in [-0.1, -0.05) is 35.9 Å². The highest BCUT2D eigenvalue weighted by Crippen LogP contribution is 2.16. The van der Waals surface area contributed by atoms with Gasteiger partial charge in [0.1, 0.15) is 0 Å². The van der Waals surface area contributed by atoms with Crippen LogP contribution in [0.2, 0.25) is 0 Å². The standard InChI is InChI=1S/C16H17N3O3/c1-12-5-7-13(8-6-12)10-18-16(20)11-17-14-3-2-4-15(9-14)19(21)22/h2-9,17H,10-11H2,1H3,(H,18,20). The van der Waals surface area contributed by atoms with Crippen molar-refractivity contribution in [1.29, 1.82) is 0 Å². The van der Waals surface area contributed by atoms with Crippen molar-refractivity contribution in [2.75, 3.05) is 11.9 Å². The van der Waals surface area contributed by atoms with Gasteiger partial charge in [-0.05, 0) is 18.6 Å². The number of benzene rings is 2. The molecule has 2 rings (SSSR count). The molecule has 6 nitrogen and oxygen atoms in total. The lowest BCUT2D eigenvalue weighted by Gasteiger charge is -2.08. The van der Waals surface area contributed by atoms with Gasteiger partial charge in [0, 0.05) is 24.4 Å². The van der Waals surface area contributed by atoms with Crippen molar-refractivity contribution in [3.8, 4) is 0 Å². The highest BCUT2D eigenvalue weighted by atomic mass is 16.6. The Labute approximate surface area is 128 Å². The maximum atomic E-state index is 11.8. The van der Waals surface area contributed by atoms with Gasteiger partial charge in [0.05, 0.1) is 11.5 Å². The summed E-state index contributed by atoms with van der Waals surface area (Å²) >= 11 is 0. The maximum Gasteiger partial charge on any atom is 0.271 e. The van der Waals surface area contributed by atoms with Crippen molar-refractivity contribution >= 4 is 17.3 Å². The Balaban J connectivity index is 1.81. The first-order valence-electron chi connectivity index (χ1n) is 6.85. The minimum atomic E-state index is -0.470. The number of carbonyl (C=O) groups excluding carboxylic acids is 1. The number of nitro groups is 1. The van der Waals surface area contributed by atoms with E-state index in [0.717, 1.165) is 5.56 Å². The second kappa shape index (κ2) is 7.21. The number of anilines is 1. The van der Waals surface area contributed by atoms with Gasteiger partial charge >= 0.3 is 0 Å². The molecule has 1 amide bonds. The summed E-state index contributed by atoms with van der Waals surface area (Å²) < 4.78 is 0. The average Bonchev–Trinajstić information content (AvgIpc) is 2.52. The minimum absolute atomic E-state index is 0.00920. The van der Waals surface area contributed by atoms with E-state index in [1.54, 1.807) is 12.1 Å². The largest absolute Gasteiger partial charge is 0.376 e. The SMILES string of the molecule is Cc1ccc(CNC(=O)CNc2cccc([N+](=O)[O-])c2)cc1. The van der Waals surface area contributed by atoms with Crippen LogP contribution in [0.4, 0.5) is 11.4 Å². The number of rotatable bonds is 6. The molecule has 6 heteroatoms. The zero-order chi connectivity index (χ0) is 15.9. The molecular formula is C16H17N3O3. The zero-order valence-electron chi connectivity index (χ0n) is 12.2. The first kappa shape index (κ1) is 15.5. The molecule has 0 aliphatic rings. The fourth-order valence-electron chi connectivity index (χ4n) is 1.88. The lowest BCUT2D eigenvalue weighted by atomic mass is 10.1. The molecule has 0 radical (unpaired) electrons. The van der Waals surface area contributed by atoms with Gasteiger partial charge in [-0.3, -0.25) is 14.9 Å². The third-order valence-corrected chi connectivity index (χ3v) is 3.12. The zero-order valence-corrected chi connectivity index (χ0v) is 12.2. The van der Waals surface area contributed by atoms with Gasteiger partial charge in [0.2, 0.25) is 5.91 Å². The minimum Gasteiger partial charge on any atom is -0.376 e. The molecule has 0 spiro atoms. The summed E-state index contributed by atoms with van der Waals surface area (Å²) in [5.41, 5.74) is 2.72. The number of carbonyl (C=O) groups is 1. The molecule has 22 heavy (non-hydrogen) atoms. The molecular weight excluding hydrogens is 282 g/mol. The van der Waals surface area contributed by atoms with Crippen molar-refractivity contribution in [2.45, 2.75) is 13.5 Å². The summed E-state index contributed by atoms with van der Waals surface area (Å²) in [6, 6.07) is 14.0. The van der Waals surface area contributed by atoms with Gasteiger partial charge in [0.15, 0.2) is 0 Å². The van der Waals surface area contributed by atoms with Gasteiger partial charge in [-0.15, -0.1) is 0 Å². The molecule has 0 atom stereocenters. The molecule has 2 aromatic rings. The van der Waals surface area contributed by atoms with Crippen LogP contribution < -0.4 is 10.6 Å². The Hall–Kier alpha value is -2.89. The predicted molar refractivity (Wildman–Crippen MR) is 84.6 cm³/mol. The van der Waals surface area contributed by atoms with Crippen LogP contribution >= 0.6 is 0 Å². The summed E-state index contributed by atoms with van der Waals surface area (Å²) in [4.78, 5) is 22.0. The molecule has 0 fully saturated rings. The number of nitrogens with zero attached hydrogens (tertiary/aromatic N) is 1. The van der Waals surface area contributed by atoms with E-state index in [0.29, 0.717) is 12.2 Å². The van der Waals surface area contributed by atoms with Crippen molar-refractivity contribution in [3.63, 3.8) is 0 Å². The summed E-state index contributed by atoms with van der Waals surface area (Å²) in [6.45, 7) is 2.52. The van der Waals surface area contributed by atoms with Gasteiger partial charge in [-0.2, -0.15) is 0 Å². The van der Waals surface area contributed by atoms with Gasteiger partial charge in [-0.25, -0.2) is 0 Å². The predicted octanol–water partition coefficient (Wildman–Crippen LogP) is 2.63. The quantitative estimate of drug-likeness (QED) is 0.634. The number of nitrogens with one attached hydrogen (secondary N) is 2. The Morgan fingerprint density at radius 3 is 2.59 bits per heavy atom. The van der Waals surface area contributed by atoms with Crippen LogP contribution in [-0.2, 0) is 11.3 Å². The molecule has 2 N–H and O–H groups in total. The Morgan fingerprint density at radius 1 is 1.18 bits per heavy atom. The fourth-order valence-corrected chi connectivity index (χ4v) is 1.88. The molecule has 0 bridgehead atoms. The van der Waals surface area contributed by atoms with Crippen LogP contribution in [0.5, 0.6) is 0 Å². The Bertz CT molecular complexity index is 669. The topological polar surface area (TPSA) is 84.3 Å². The van der Waals surface area contributed by atoms with E-state index in [4.69, 9.17) is 0 Å². The van der Waals surface area contributed by atoms with Crippen molar-refractivity contribution < 1.29 is 9.72 Å². The van der Waals surface area contributed by atoms with E-state index in [9.17, 15) is 14.9 Å². The van der Waals surface area contributed by atoms with E-state index in [2.05, 4.69) is 10.6 Å². The molecule has 0 heterocycles. The highest BCUT2D eigenvalue weighted by Gasteiger charge is 2.06. The maximum absolute atomic E-state index is 11.8. The number of nitro benzene ring substituents is 1. The summed E-state index contributed by atoms with van der Waals surface area (Å²) in [5.74, 6) is -0.174. The number of hydrogen-bond donors (Lipinski definition) is 2. The molecule has 2 aromatic carbocycles. The average molecular weight is 299 g/mol. The van der Waals surface area contributed by atoms with E-state index >= 15 is 0 Å². The lowest BCUT2D eigenvalue weighted by molar-refractivity contribution is -0.384. The molecule has 0 unspecified atom stereocenters. The summed E-state index contributed by atoms with van der Waals surface area (Å²) in [6.07, 6.45) is 0. The second-order valence-electron chi connectivity index (χ2n) is 4.92. The summed E-state index contributed by atoms with van der Waals surface area (Å²) in [7, 11) is 0. The molecule has 0 saturated heterocycles. The summed E-state index contributed by atoms with van der Waals surface area (Å²) in [5, 5.41) is 16.3. The monoisotopic (exact) mass is 299 g/mol. The van der Waals surface area contributed by atoms with Crippen LogP contribution in [0.25, 0.3) is 0 Å². The number of amides is 1.